The Hall–Kier alpha value is -1.61. The fourth-order valence-electron chi connectivity index (χ4n) is 1.58. The molecule has 0 saturated heterocycles. The van der Waals surface area contributed by atoms with E-state index in [0.717, 1.165) is 17.3 Å². The molecule has 1 amide bonds. The highest BCUT2D eigenvalue weighted by Crippen LogP contribution is 2.22. The van der Waals surface area contributed by atoms with E-state index in [1.165, 1.54) is 0 Å². The summed E-state index contributed by atoms with van der Waals surface area (Å²) in [7, 11) is 0. The second-order valence-corrected chi connectivity index (χ2v) is 4.17. The molecule has 0 bridgehead atoms. The number of carbonyl (C=O) groups is 1. The average Bonchev–Trinajstić information content (AvgIpc) is 2.36. The second kappa shape index (κ2) is 5.15. The van der Waals surface area contributed by atoms with Gasteiger partial charge in [0.25, 0.3) is 5.91 Å². The second-order valence-electron chi connectivity index (χ2n) is 3.76. The van der Waals surface area contributed by atoms with Gasteiger partial charge in [-0.15, -0.1) is 0 Å². The summed E-state index contributed by atoms with van der Waals surface area (Å²) in [5.41, 5.74) is 1.10. The number of nitrogens with zero attached hydrogens (tertiary/aromatic N) is 1. The zero-order chi connectivity index (χ0) is 12.3. The van der Waals surface area contributed by atoms with Crippen molar-refractivity contribution in [1.29, 1.82) is 0 Å². The fourth-order valence-corrected chi connectivity index (χ4v) is 1.84. The Morgan fingerprint density at radius 3 is 2.94 bits per heavy atom. The molecular weight excluding hydrogens is 236 g/mol. The third-order valence-electron chi connectivity index (χ3n) is 2.43. The summed E-state index contributed by atoms with van der Waals surface area (Å²) in [6, 6.07) is 9.11. The van der Waals surface area contributed by atoms with Crippen LogP contribution in [0.2, 0.25) is 5.02 Å². The van der Waals surface area contributed by atoms with Crippen molar-refractivity contribution in [2.45, 2.75) is 13.3 Å². The van der Waals surface area contributed by atoms with Crippen molar-refractivity contribution >= 4 is 28.4 Å². The topological polar surface area (TPSA) is 42.0 Å². The van der Waals surface area contributed by atoms with Crippen molar-refractivity contribution in [3.8, 4) is 0 Å². The molecule has 2 aromatic rings. The predicted molar refractivity (Wildman–Crippen MR) is 69.4 cm³/mol. The Morgan fingerprint density at radius 1 is 1.41 bits per heavy atom. The number of carbonyl (C=O) groups excluding carboxylic acids is 1. The highest BCUT2D eigenvalue weighted by molar-refractivity contribution is 6.35. The van der Waals surface area contributed by atoms with Crippen LogP contribution in [0.3, 0.4) is 0 Å². The number of halogens is 1. The molecule has 0 radical (unpaired) electrons. The summed E-state index contributed by atoms with van der Waals surface area (Å²) in [4.78, 5) is 16.1. The van der Waals surface area contributed by atoms with Crippen LogP contribution in [0.15, 0.2) is 30.3 Å². The summed E-state index contributed by atoms with van der Waals surface area (Å²) in [5.74, 6) is -0.181. The molecule has 1 aromatic heterocycles. The highest BCUT2D eigenvalue weighted by atomic mass is 35.5. The van der Waals surface area contributed by atoms with E-state index in [0.29, 0.717) is 17.3 Å². The van der Waals surface area contributed by atoms with Gasteiger partial charge < -0.3 is 5.32 Å². The zero-order valence-corrected chi connectivity index (χ0v) is 10.3. The predicted octanol–water partition coefficient (Wildman–Crippen LogP) is 3.03. The minimum atomic E-state index is -0.181. The fraction of sp³-hybridized carbons (Fsp3) is 0.231. The summed E-state index contributed by atoms with van der Waals surface area (Å²) >= 11 is 6.12. The number of hydrogen-bond donors (Lipinski definition) is 1. The quantitative estimate of drug-likeness (QED) is 0.907. The summed E-state index contributed by atoms with van der Waals surface area (Å²) in [6.45, 7) is 2.64. The van der Waals surface area contributed by atoms with Crippen LogP contribution in [0, 0.1) is 0 Å². The first-order valence-corrected chi connectivity index (χ1v) is 5.93. The Morgan fingerprint density at radius 2 is 2.18 bits per heavy atom. The van der Waals surface area contributed by atoms with Gasteiger partial charge in [-0.3, -0.25) is 4.79 Å². The van der Waals surface area contributed by atoms with Gasteiger partial charge in [-0.1, -0.05) is 36.7 Å². The lowest BCUT2D eigenvalue weighted by Gasteiger charge is -2.05. The number of para-hydroxylation sites is 1. The van der Waals surface area contributed by atoms with Crippen molar-refractivity contribution in [3.63, 3.8) is 0 Å². The monoisotopic (exact) mass is 248 g/mol. The van der Waals surface area contributed by atoms with E-state index < -0.39 is 0 Å². The number of nitrogens with one attached hydrogen (secondary N) is 1. The first kappa shape index (κ1) is 11.9. The maximum Gasteiger partial charge on any atom is 0.269 e. The van der Waals surface area contributed by atoms with E-state index in [1.54, 1.807) is 6.07 Å². The maximum absolute atomic E-state index is 11.8. The first-order valence-electron chi connectivity index (χ1n) is 5.56. The lowest BCUT2D eigenvalue weighted by Crippen LogP contribution is -2.24. The Labute approximate surface area is 105 Å². The van der Waals surface area contributed by atoms with Crippen LogP contribution in [0.1, 0.15) is 23.8 Å². The number of benzene rings is 1. The molecule has 0 saturated carbocycles. The van der Waals surface area contributed by atoms with Gasteiger partial charge in [-0.2, -0.15) is 0 Å². The van der Waals surface area contributed by atoms with Gasteiger partial charge in [0.15, 0.2) is 0 Å². The third kappa shape index (κ3) is 2.56. The minimum absolute atomic E-state index is 0.181. The molecule has 1 heterocycles. The molecule has 1 N–H and O–H groups in total. The molecule has 0 spiro atoms. The number of rotatable bonds is 3. The molecule has 3 nitrogen and oxygen atoms in total. The van der Waals surface area contributed by atoms with Crippen LogP contribution < -0.4 is 5.32 Å². The Balaban J connectivity index is 2.39. The maximum atomic E-state index is 11.8. The van der Waals surface area contributed by atoms with E-state index >= 15 is 0 Å². The van der Waals surface area contributed by atoms with Crippen molar-refractivity contribution in [2.75, 3.05) is 6.54 Å². The SMILES string of the molecule is CCCNC(=O)c1cc(Cl)c2ccccc2n1. The van der Waals surface area contributed by atoms with Gasteiger partial charge in [0.05, 0.1) is 10.5 Å². The summed E-state index contributed by atoms with van der Waals surface area (Å²) < 4.78 is 0. The normalized spacial score (nSPS) is 10.5. The lowest BCUT2D eigenvalue weighted by molar-refractivity contribution is 0.0949. The highest BCUT2D eigenvalue weighted by Gasteiger charge is 2.09. The number of pyridine rings is 1. The van der Waals surface area contributed by atoms with Gasteiger partial charge in [-0.05, 0) is 18.6 Å². The average molecular weight is 249 g/mol. The smallest absolute Gasteiger partial charge is 0.269 e. The number of amides is 1. The van der Waals surface area contributed by atoms with Gasteiger partial charge in [0.1, 0.15) is 5.69 Å². The van der Waals surface area contributed by atoms with Crippen LogP contribution in [-0.2, 0) is 0 Å². The van der Waals surface area contributed by atoms with Crippen LogP contribution in [-0.4, -0.2) is 17.4 Å². The molecule has 2 rings (SSSR count). The molecule has 0 fully saturated rings. The van der Waals surface area contributed by atoms with Crippen LogP contribution in [0.5, 0.6) is 0 Å². The standard InChI is InChI=1S/C13H13ClN2O/c1-2-7-15-13(17)12-8-10(14)9-5-3-4-6-11(9)16-12/h3-6,8H,2,7H2,1H3,(H,15,17). The molecule has 0 unspecified atom stereocenters. The molecule has 0 aliphatic heterocycles. The molecule has 4 heteroatoms. The molecule has 1 aromatic carbocycles. The molecule has 0 atom stereocenters. The number of hydrogen-bond acceptors (Lipinski definition) is 2. The Kier molecular flexibility index (Phi) is 3.59. The molecule has 17 heavy (non-hydrogen) atoms. The van der Waals surface area contributed by atoms with E-state index in [9.17, 15) is 4.79 Å². The number of aromatic nitrogens is 1. The molecule has 88 valence electrons. The van der Waals surface area contributed by atoms with E-state index in [2.05, 4.69) is 10.3 Å². The van der Waals surface area contributed by atoms with E-state index in [4.69, 9.17) is 11.6 Å². The van der Waals surface area contributed by atoms with Gasteiger partial charge >= 0.3 is 0 Å². The van der Waals surface area contributed by atoms with Gasteiger partial charge in [-0.25, -0.2) is 4.98 Å². The molecule has 0 aliphatic rings. The van der Waals surface area contributed by atoms with Crippen molar-refractivity contribution < 1.29 is 4.79 Å². The first-order chi connectivity index (χ1) is 8.22. The summed E-state index contributed by atoms with van der Waals surface area (Å²) in [6.07, 6.45) is 0.896. The summed E-state index contributed by atoms with van der Waals surface area (Å²) in [5, 5.41) is 4.20. The van der Waals surface area contributed by atoms with Crippen LogP contribution >= 0.6 is 11.6 Å². The van der Waals surface area contributed by atoms with Crippen LogP contribution in [0.25, 0.3) is 10.9 Å². The van der Waals surface area contributed by atoms with Gasteiger partial charge in [0.2, 0.25) is 0 Å². The number of fused-ring (bicyclic) bond motifs is 1. The van der Waals surface area contributed by atoms with Crippen molar-refractivity contribution in [3.05, 3.63) is 41.0 Å². The minimum Gasteiger partial charge on any atom is -0.351 e. The lowest BCUT2D eigenvalue weighted by atomic mass is 10.2. The van der Waals surface area contributed by atoms with Crippen molar-refractivity contribution in [1.82, 2.24) is 10.3 Å². The molecule has 0 aliphatic carbocycles. The largest absolute Gasteiger partial charge is 0.351 e. The third-order valence-corrected chi connectivity index (χ3v) is 2.75. The van der Waals surface area contributed by atoms with E-state index in [-0.39, 0.29) is 5.91 Å². The van der Waals surface area contributed by atoms with Crippen LogP contribution in [0.4, 0.5) is 0 Å². The van der Waals surface area contributed by atoms with E-state index in [1.807, 2.05) is 31.2 Å². The van der Waals surface area contributed by atoms with Crippen molar-refractivity contribution in [2.24, 2.45) is 0 Å². The zero-order valence-electron chi connectivity index (χ0n) is 9.53. The molecular formula is C13H13ClN2O. The van der Waals surface area contributed by atoms with Gasteiger partial charge in [0, 0.05) is 11.9 Å². The Bertz CT molecular complexity index is 554.